The van der Waals surface area contributed by atoms with Gasteiger partial charge in [0.1, 0.15) is 0 Å². The molecule has 0 aromatic heterocycles. The van der Waals surface area contributed by atoms with Crippen molar-refractivity contribution in [2.24, 2.45) is 11.7 Å². The number of nitrogens with two attached hydrogens (primary N) is 1. The highest BCUT2D eigenvalue weighted by atomic mass is 16.5. The zero-order valence-electron chi connectivity index (χ0n) is 9.53. The first-order valence-corrected chi connectivity index (χ1v) is 6.11. The minimum absolute atomic E-state index is 0.783. The van der Waals surface area contributed by atoms with E-state index in [4.69, 9.17) is 10.5 Å². The summed E-state index contributed by atoms with van der Waals surface area (Å²) in [6.45, 7) is 9.80. The van der Waals surface area contributed by atoms with Crippen LogP contribution in [0.4, 0.5) is 0 Å². The molecule has 2 rings (SSSR count). The molecule has 0 spiro atoms. The van der Waals surface area contributed by atoms with Gasteiger partial charge < -0.3 is 15.4 Å². The van der Waals surface area contributed by atoms with Crippen LogP contribution in [0.25, 0.3) is 0 Å². The second-order valence-corrected chi connectivity index (χ2v) is 4.66. The summed E-state index contributed by atoms with van der Waals surface area (Å²) in [7, 11) is 0. The summed E-state index contributed by atoms with van der Waals surface area (Å²) < 4.78 is 5.40. The highest BCUT2D eigenvalue weighted by Crippen LogP contribution is 2.14. The molecule has 0 aromatic carbocycles. The first-order chi connectivity index (χ1) is 7.38. The maximum absolute atomic E-state index is 5.55. The monoisotopic (exact) mass is 213 g/mol. The molecule has 1 atom stereocenters. The van der Waals surface area contributed by atoms with E-state index >= 15 is 0 Å². The van der Waals surface area contributed by atoms with Crippen molar-refractivity contribution in [3.8, 4) is 0 Å². The summed E-state index contributed by atoms with van der Waals surface area (Å²) in [5.74, 6) is 0.783. The number of hydrogen-bond donors (Lipinski definition) is 1. The van der Waals surface area contributed by atoms with Gasteiger partial charge in [-0.15, -0.1) is 0 Å². The lowest BCUT2D eigenvalue weighted by Gasteiger charge is -2.35. The van der Waals surface area contributed by atoms with Crippen LogP contribution < -0.4 is 5.73 Å². The fraction of sp³-hybridized carbons (Fsp3) is 1.00. The Labute approximate surface area is 92.4 Å². The average Bonchev–Trinajstić information content (AvgIpc) is 2.74. The lowest BCUT2D eigenvalue weighted by molar-refractivity contribution is 0.112. The summed E-state index contributed by atoms with van der Waals surface area (Å²) >= 11 is 0. The van der Waals surface area contributed by atoms with Gasteiger partial charge in [-0.1, -0.05) is 0 Å². The smallest absolute Gasteiger partial charge is 0.0507 e. The SMILES string of the molecule is NCCN1CCN(CC2CCOC2)CC1. The van der Waals surface area contributed by atoms with E-state index in [1.54, 1.807) is 0 Å². The summed E-state index contributed by atoms with van der Waals surface area (Å²) in [4.78, 5) is 5.04. The van der Waals surface area contributed by atoms with Crippen molar-refractivity contribution in [1.82, 2.24) is 9.80 Å². The van der Waals surface area contributed by atoms with E-state index in [-0.39, 0.29) is 0 Å². The molecule has 2 heterocycles. The first-order valence-electron chi connectivity index (χ1n) is 6.11. The molecule has 88 valence electrons. The van der Waals surface area contributed by atoms with E-state index in [1.807, 2.05) is 0 Å². The second-order valence-electron chi connectivity index (χ2n) is 4.66. The molecule has 15 heavy (non-hydrogen) atoms. The van der Waals surface area contributed by atoms with E-state index in [0.29, 0.717) is 0 Å². The summed E-state index contributed by atoms with van der Waals surface area (Å²) in [6.07, 6.45) is 1.25. The highest BCUT2D eigenvalue weighted by molar-refractivity contribution is 4.76. The van der Waals surface area contributed by atoms with Crippen molar-refractivity contribution in [3.63, 3.8) is 0 Å². The Kier molecular flexibility index (Phi) is 4.38. The molecular weight excluding hydrogens is 190 g/mol. The molecular formula is C11H23N3O. The highest BCUT2D eigenvalue weighted by Gasteiger charge is 2.22. The van der Waals surface area contributed by atoms with Crippen LogP contribution in [-0.2, 0) is 4.74 Å². The number of ether oxygens (including phenoxy) is 1. The van der Waals surface area contributed by atoms with E-state index in [0.717, 1.165) is 32.2 Å². The van der Waals surface area contributed by atoms with Crippen molar-refractivity contribution < 1.29 is 4.74 Å². The van der Waals surface area contributed by atoms with Gasteiger partial charge in [-0.2, -0.15) is 0 Å². The lowest BCUT2D eigenvalue weighted by Crippen LogP contribution is -2.48. The van der Waals surface area contributed by atoms with Gasteiger partial charge in [-0.05, 0) is 12.3 Å². The first kappa shape index (κ1) is 11.3. The van der Waals surface area contributed by atoms with Crippen molar-refractivity contribution in [3.05, 3.63) is 0 Å². The van der Waals surface area contributed by atoms with Crippen LogP contribution in [-0.4, -0.2) is 68.8 Å². The molecule has 0 aromatic rings. The van der Waals surface area contributed by atoms with Crippen molar-refractivity contribution in [2.75, 3.05) is 59.0 Å². The van der Waals surface area contributed by atoms with Crippen LogP contribution >= 0.6 is 0 Å². The molecule has 2 N–H and O–H groups in total. The number of hydrogen-bond acceptors (Lipinski definition) is 4. The maximum atomic E-state index is 5.55. The Bertz CT molecular complexity index is 175. The van der Waals surface area contributed by atoms with Crippen LogP contribution in [0.15, 0.2) is 0 Å². The zero-order valence-corrected chi connectivity index (χ0v) is 9.53. The van der Waals surface area contributed by atoms with Crippen molar-refractivity contribution in [1.29, 1.82) is 0 Å². The molecule has 0 aliphatic carbocycles. The van der Waals surface area contributed by atoms with Gasteiger partial charge in [0.2, 0.25) is 0 Å². The van der Waals surface area contributed by atoms with E-state index < -0.39 is 0 Å². The second kappa shape index (κ2) is 5.80. The third kappa shape index (κ3) is 3.41. The minimum Gasteiger partial charge on any atom is -0.381 e. The molecule has 2 aliphatic rings. The standard InChI is InChI=1S/C11H23N3O/c12-2-3-13-4-6-14(7-5-13)9-11-1-8-15-10-11/h11H,1-10,12H2. The molecule has 2 fully saturated rings. The van der Waals surface area contributed by atoms with Gasteiger partial charge >= 0.3 is 0 Å². The third-order valence-electron chi connectivity index (χ3n) is 3.45. The van der Waals surface area contributed by atoms with Gasteiger partial charge in [0.25, 0.3) is 0 Å². The average molecular weight is 213 g/mol. The van der Waals surface area contributed by atoms with Crippen LogP contribution in [0.1, 0.15) is 6.42 Å². The molecule has 2 aliphatic heterocycles. The van der Waals surface area contributed by atoms with Crippen LogP contribution in [0.5, 0.6) is 0 Å². The molecule has 0 bridgehead atoms. The Hall–Kier alpha value is -0.160. The molecule has 0 amide bonds. The third-order valence-corrected chi connectivity index (χ3v) is 3.45. The number of piperazine rings is 1. The van der Waals surface area contributed by atoms with Gasteiger partial charge in [0.05, 0.1) is 6.61 Å². The fourth-order valence-corrected chi connectivity index (χ4v) is 2.47. The number of rotatable bonds is 4. The Morgan fingerprint density at radius 1 is 1.13 bits per heavy atom. The summed E-state index contributed by atoms with van der Waals surface area (Å²) in [5, 5.41) is 0. The lowest BCUT2D eigenvalue weighted by atomic mass is 10.1. The van der Waals surface area contributed by atoms with Crippen molar-refractivity contribution in [2.45, 2.75) is 6.42 Å². The van der Waals surface area contributed by atoms with Crippen molar-refractivity contribution >= 4 is 0 Å². The fourth-order valence-electron chi connectivity index (χ4n) is 2.47. The molecule has 0 saturated carbocycles. The largest absolute Gasteiger partial charge is 0.381 e. The Morgan fingerprint density at radius 3 is 2.47 bits per heavy atom. The summed E-state index contributed by atoms with van der Waals surface area (Å²) in [6, 6.07) is 0. The topological polar surface area (TPSA) is 41.7 Å². The van der Waals surface area contributed by atoms with Gasteiger partial charge in [0.15, 0.2) is 0 Å². The number of nitrogens with zero attached hydrogens (tertiary/aromatic N) is 2. The molecule has 2 saturated heterocycles. The predicted molar refractivity (Wildman–Crippen MR) is 60.9 cm³/mol. The molecule has 4 nitrogen and oxygen atoms in total. The van der Waals surface area contributed by atoms with E-state index in [9.17, 15) is 0 Å². The van der Waals surface area contributed by atoms with Gasteiger partial charge in [-0.3, -0.25) is 4.90 Å². The van der Waals surface area contributed by atoms with Gasteiger partial charge in [-0.25, -0.2) is 0 Å². The quantitative estimate of drug-likeness (QED) is 0.690. The van der Waals surface area contributed by atoms with E-state index in [2.05, 4.69) is 9.80 Å². The van der Waals surface area contributed by atoms with Crippen LogP contribution in [0.2, 0.25) is 0 Å². The van der Waals surface area contributed by atoms with Crippen LogP contribution in [0, 0.1) is 5.92 Å². The summed E-state index contributed by atoms with van der Waals surface area (Å²) in [5.41, 5.74) is 5.55. The molecule has 0 radical (unpaired) electrons. The molecule has 1 unspecified atom stereocenters. The normalized spacial score (nSPS) is 29.8. The van der Waals surface area contributed by atoms with Gasteiger partial charge in [0, 0.05) is 52.4 Å². The minimum atomic E-state index is 0.783. The molecule has 4 heteroatoms. The predicted octanol–water partition coefficient (Wildman–Crippen LogP) is -0.401. The zero-order chi connectivity index (χ0) is 10.5. The van der Waals surface area contributed by atoms with E-state index in [1.165, 1.54) is 39.1 Å². The Morgan fingerprint density at radius 2 is 1.87 bits per heavy atom. The maximum Gasteiger partial charge on any atom is 0.0507 e. The Balaban J connectivity index is 1.64. The van der Waals surface area contributed by atoms with Crippen LogP contribution in [0.3, 0.4) is 0 Å².